The number of carbonyl (C=O) groups is 1. The monoisotopic (exact) mass is 272 g/mol. The van der Waals surface area contributed by atoms with E-state index in [1.807, 2.05) is 31.2 Å². The van der Waals surface area contributed by atoms with Gasteiger partial charge in [-0.1, -0.05) is 30.3 Å². The minimum atomic E-state index is -0.265. The van der Waals surface area contributed by atoms with Crippen LogP contribution in [0.5, 0.6) is 0 Å². The topological polar surface area (TPSA) is 41.1 Å². The minimum absolute atomic E-state index is 0.141. The van der Waals surface area contributed by atoms with E-state index >= 15 is 0 Å². The highest BCUT2D eigenvalue weighted by Crippen LogP contribution is 2.09. The number of carbonyl (C=O) groups excluding carboxylic acids is 1. The molecule has 0 bridgehead atoms. The van der Waals surface area contributed by atoms with Gasteiger partial charge in [0.15, 0.2) is 0 Å². The summed E-state index contributed by atoms with van der Waals surface area (Å²) in [5.74, 6) is -0.411. The highest BCUT2D eigenvalue weighted by Gasteiger charge is 2.04. The fourth-order valence-corrected chi connectivity index (χ4v) is 1.88. The van der Waals surface area contributed by atoms with E-state index < -0.39 is 0 Å². The lowest BCUT2D eigenvalue weighted by Crippen LogP contribution is -2.28. The first-order valence-corrected chi connectivity index (χ1v) is 6.46. The van der Waals surface area contributed by atoms with Gasteiger partial charge < -0.3 is 10.6 Å². The number of rotatable bonds is 5. The third-order valence-corrected chi connectivity index (χ3v) is 2.86. The normalized spacial score (nSPS) is 10.3. The summed E-state index contributed by atoms with van der Waals surface area (Å²) in [6.07, 6.45) is 0. The second kappa shape index (κ2) is 6.82. The fourth-order valence-electron chi connectivity index (χ4n) is 1.88. The summed E-state index contributed by atoms with van der Waals surface area (Å²) in [5, 5.41) is 5.71. The molecule has 0 aliphatic carbocycles. The molecule has 0 saturated heterocycles. The molecule has 4 heteroatoms. The highest BCUT2D eigenvalue weighted by molar-refractivity contribution is 5.92. The maximum absolute atomic E-state index is 13.4. The van der Waals surface area contributed by atoms with Crippen molar-refractivity contribution in [3.8, 4) is 0 Å². The zero-order valence-electron chi connectivity index (χ0n) is 11.3. The second-order valence-electron chi connectivity index (χ2n) is 4.61. The maximum Gasteiger partial charge on any atom is 0.238 e. The highest BCUT2D eigenvalue weighted by atomic mass is 19.1. The lowest BCUT2D eigenvalue weighted by molar-refractivity contribution is -0.115. The van der Waals surface area contributed by atoms with E-state index in [0.29, 0.717) is 12.1 Å². The Balaban J connectivity index is 1.80. The number of hydrogen-bond donors (Lipinski definition) is 2. The van der Waals surface area contributed by atoms with Crippen molar-refractivity contribution in [2.75, 3.05) is 11.9 Å². The number of anilines is 1. The van der Waals surface area contributed by atoms with Crippen LogP contribution in [0.3, 0.4) is 0 Å². The molecule has 0 aromatic heterocycles. The van der Waals surface area contributed by atoms with E-state index in [0.717, 1.165) is 11.3 Å². The first-order chi connectivity index (χ1) is 9.65. The summed E-state index contributed by atoms with van der Waals surface area (Å²) in [5.41, 5.74) is 2.40. The molecule has 0 radical (unpaired) electrons. The van der Waals surface area contributed by atoms with Crippen LogP contribution in [0.2, 0.25) is 0 Å². The van der Waals surface area contributed by atoms with Gasteiger partial charge >= 0.3 is 0 Å². The summed E-state index contributed by atoms with van der Waals surface area (Å²) in [6.45, 7) is 2.43. The van der Waals surface area contributed by atoms with Crippen molar-refractivity contribution < 1.29 is 9.18 Å². The Morgan fingerprint density at radius 3 is 2.70 bits per heavy atom. The Hall–Kier alpha value is -2.20. The Kier molecular flexibility index (Phi) is 4.85. The van der Waals surface area contributed by atoms with Gasteiger partial charge in [-0.15, -0.1) is 0 Å². The van der Waals surface area contributed by atoms with Crippen LogP contribution in [0.4, 0.5) is 10.1 Å². The molecule has 0 aliphatic rings. The molecule has 0 atom stereocenters. The molecule has 2 aromatic carbocycles. The first kappa shape index (κ1) is 14.2. The third-order valence-electron chi connectivity index (χ3n) is 2.86. The molecule has 0 heterocycles. The summed E-state index contributed by atoms with van der Waals surface area (Å²) < 4.78 is 13.4. The van der Waals surface area contributed by atoms with Crippen LogP contribution in [0.25, 0.3) is 0 Å². The number of halogens is 1. The zero-order valence-corrected chi connectivity index (χ0v) is 11.3. The van der Waals surface area contributed by atoms with Gasteiger partial charge in [-0.3, -0.25) is 4.79 Å². The quantitative estimate of drug-likeness (QED) is 0.878. The predicted octanol–water partition coefficient (Wildman–Crippen LogP) is 2.86. The van der Waals surface area contributed by atoms with Crippen LogP contribution in [0, 0.1) is 12.7 Å². The molecule has 0 spiro atoms. The summed E-state index contributed by atoms with van der Waals surface area (Å²) in [4.78, 5) is 11.7. The average Bonchev–Trinajstić information content (AvgIpc) is 2.41. The van der Waals surface area contributed by atoms with Crippen LogP contribution in [-0.4, -0.2) is 12.5 Å². The van der Waals surface area contributed by atoms with Gasteiger partial charge in [0.2, 0.25) is 5.91 Å². The Labute approximate surface area is 117 Å². The molecule has 0 fully saturated rings. The zero-order chi connectivity index (χ0) is 14.4. The molecule has 0 unspecified atom stereocenters. The fraction of sp³-hybridized carbons (Fsp3) is 0.188. The lowest BCUT2D eigenvalue weighted by atomic mass is 10.2. The Morgan fingerprint density at radius 1 is 1.15 bits per heavy atom. The van der Waals surface area contributed by atoms with Crippen molar-refractivity contribution in [3.63, 3.8) is 0 Å². The smallest absolute Gasteiger partial charge is 0.238 e. The molecule has 1 amide bonds. The molecule has 3 nitrogen and oxygen atoms in total. The molecule has 20 heavy (non-hydrogen) atoms. The molecule has 2 rings (SSSR count). The third kappa shape index (κ3) is 4.17. The van der Waals surface area contributed by atoms with Crippen molar-refractivity contribution in [3.05, 3.63) is 65.5 Å². The molecular formula is C16H17FN2O. The van der Waals surface area contributed by atoms with Gasteiger partial charge in [-0.05, 0) is 30.7 Å². The van der Waals surface area contributed by atoms with Crippen LogP contribution in [0.15, 0.2) is 48.5 Å². The summed E-state index contributed by atoms with van der Waals surface area (Å²) in [6, 6.07) is 14.1. The number of benzene rings is 2. The van der Waals surface area contributed by atoms with Crippen molar-refractivity contribution >= 4 is 11.6 Å². The van der Waals surface area contributed by atoms with E-state index in [1.165, 1.54) is 6.07 Å². The molecule has 2 N–H and O–H groups in total. The average molecular weight is 272 g/mol. The number of aryl methyl sites for hydroxylation is 1. The first-order valence-electron chi connectivity index (χ1n) is 6.46. The van der Waals surface area contributed by atoms with E-state index in [-0.39, 0.29) is 18.3 Å². The Bertz CT molecular complexity index is 599. The molecule has 104 valence electrons. The van der Waals surface area contributed by atoms with Crippen molar-refractivity contribution in [1.82, 2.24) is 5.32 Å². The van der Waals surface area contributed by atoms with Crippen LogP contribution < -0.4 is 10.6 Å². The Morgan fingerprint density at radius 2 is 1.95 bits per heavy atom. The summed E-state index contributed by atoms with van der Waals surface area (Å²) in [7, 11) is 0. The molecule has 0 saturated carbocycles. The SMILES string of the molecule is Cc1cccc(NC(=O)CNCc2ccccc2F)c1. The predicted molar refractivity (Wildman–Crippen MR) is 77.9 cm³/mol. The van der Waals surface area contributed by atoms with Gasteiger partial charge in [0.25, 0.3) is 0 Å². The van der Waals surface area contributed by atoms with Crippen LogP contribution in [0.1, 0.15) is 11.1 Å². The number of hydrogen-bond acceptors (Lipinski definition) is 2. The van der Waals surface area contributed by atoms with Crippen LogP contribution in [-0.2, 0) is 11.3 Å². The van der Waals surface area contributed by atoms with E-state index in [9.17, 15) is 9.18 Å². The number of nitrogens with one attached hydrogen (secondary N) is 2. The van der Waals surface area contributed by atoms with Crippen molar-refractivity contribution in [2.24, 2.45) is 0 Å². The van der Waals surface area contributed by atoms with Gasteiger partial charge in [-0.25, -0.2) is 4.39 Å². The van der Waals surface area contributed by atoms with Gasteiger partial charge in [0.05, 0.1) is 6.54 Å². The minimum Gasteiger partial charge on any atom is -0.325 e. The van der Waals surface area contributed by atoms with Crippen molar-refractivity contribution in [1.29, 1.82) is 0 Å². The van der Waals surface area contributed by atoms with Gasteiger partial charge in [0.1, 0.15) is 5.82 Å². The van der Waals surface area contributed by atoms with Gasteiger partial charge in [0, 0.05) is 17.8 Å². The molecular weight excluding hydrogens is 255 g/mol. The standard InChI is InChI=1S/C16H17FN2O/c1-12-5-4-7-14(9-12)19-16(20)11-18-10-13-6-2-3-8-15(13)17/h2-9,18H,10-11H2,1H3,(H,19,20). The van der Waals surface area contributed by atoms with Gasteiger partial charge in [-0.2, -0.15) is 0 Å². The van der Waals surface area contributed by atoms with Crippen molar-refractivity contribution in [2.45, 2.75) is 13.5 Å². The molecule has 0 aliphatic heterocycles. The van der Waals surface area contributed by atoms with Crippen LogP contribution >= 0.6 is 0 Å². The molecule has 2 aromatic rings. The van der Waals surface area contributed by atoms with E-state index in [2.05, 4.69) is 10.6 Å². The largest absolute Gasteiger partial charge is 0.325 e. The second-order valence-corrected chi connectivity index (χ2v) is 4.61. The summed E-state index contributed by atoms with van der Waals surface area (Å²) >= 11 is 0. The lowest BCUT2D eigenvalue weighted by Gasteiger charge is -2.08. The van der Waals surface area contributed by atoms with E-state index in [1.54, 1.807) is 18.2 Å². The maximum atomic E-state index is 13.4. The van der Waals surface area contributed by atoms with E-state index in [4.69, 9.17) is 0 Å². The number of amides is 1.